The lowest BCUT2D eigenvalue weighted by Crippen LogP contribution is -2.36. The van der Waals surface area contributed by atoms with Gasteiger partial charge in [0.15, 0.2) is 0 Å². The summed E-state index contributed by atoms with van der Waals surface area (Å²) < 4.78 is 0. The van der Waals surface area contributed by atoms with Crippen LogP contribution in [0.2, 0.25) is 0 Å². The zero-order valence-electron chi connectivity index (χ0n) is 11.8. The summed E-state index contributed by atoms with van der Waals surface area (Å²) in [5, 5.41) is 3.75. The van der Waals surface area contributed by atoms with Gasteiger partial charge in [-0.15, -0.1) is 0 Å². The summed E-state index contributed by atoms with van der Waals surface area (Å²) in [7, 11) is 0. The minimum absolute atomic E-state index is 0.531. The van der Waals surface area contributed by atoms with Gasteiger partial charge in [-0.25, -0.2) is 0 Å². The van der Waals surface area contributed by atoms with E-state index in [1.165, 1.54) is 25.7 Å². The lowest BCUT2D eigenvalue weighted by atomic mass is 9.79. The first-order valence-electron chi connectivity index (χ1n) is 7.14. The second-order valence-electron chi connectivity index (χ2n) is 7.12. The van der Waals surface area contributed by atoms with Crippen LogP contribution >= 0.6 is 0 Å². The molecule has 0 spiro atoms. The van der Waals surface area contributed by atoms with Crippen LogP contribution in [0.15, 0.2) is 0 Å². The largest absolute Gasteiger partial charge is 0.314 e. The molecular weight excluding hydrogens is 194 g/mol. The van der Waals surface area contributed by atoms with Crippen molar-refractivity contribution < 1.29 is 0 Å². The van der Waals surface area contributed by atoms with E-state index in [0.29, 0.717) is 10.8 Å². The Morgan fingerprint density at radius 2 is 1.69 bits per heavy atom. The van der Waals surface area contributed by atoms with Gasteiger partial charge in [0.2, 0.25) is 0 Å². The molecule has 2 aliphatic carbocycles. The lowest BCUT2D eigenvalue weighted by molar-refractivity contribution is 0.236. The number of nitrogens with one attached hydrogen (secondary N) is 1. The summed E-state index contributed by atoms with van der Waals surface area (Å²) in [5.74, 6) is 1.90. The van der Waals surface area contributed by atoms with Gasteiger partial charge >= 0.3 is 0 Å². The quantitative estimate of drug-likeness (QED) is 0.747. The average molecular weight is 223 g/mol. The molecule has 1 atom stereocenters. The molecule has 0 aromatic rings. The van der Waals surface area contributed by atoms with E-state index >= 15 is 0 Å². The molecule has 94 valence electrons. The first kappa shape index (κ1) is 12.4. The van der Waals surface area contributed by atoms with E-state index in [9.17, 15) is 0 Å². The maximum atomic E-state index is 3.75. The van der Waals surface area contributed by atoms with Crippen LogP contribution in [0.25, 0.3) is 0 Å². The van der Waals surface area contributed by atoms with Crippen LogP contribution in [0.3, 0.4) is 0 Å². The average Bonchev–Trinajstić information content (AvgIpc) is 2.49. The molecule has 2 fully saturated rings. The molecule has 2 rings (SSSR count). The Morgan fingerprint density at radius 1 is 1.12 bits per heavy atom. The molecule has 0 aromatic heterocycles. The second kappa shape index (κ2) is 4.01. The van der Waals surface area contributed by atoms with E-state index in [0.717, 1.165) is 24.4 Å². The van der Waals surface area contributed by atoms with Gasteiger partial charge in [0.05, 0.1) is 0 Å². The van der Waals surface area contributed by atoms with Crippen molar-refractivity contribution in [2.24, 2.45) is 22.7 Å². The van der Waals surface area contributed by atoms with Crippen LogP contribution in [-0.4, -0.2) is 12.6 Å². The Morgan fingerprint density at radius 3 is 2.00 bits per heavy atom. The summed E-state index contributed by atoms with van der Waals surface area (Å²) in [6, 6.07) is 0.764. The molecule has 0 bridgehead atoms. The fourth-order valence-corrected chi connectivity index (χ4v) is 3.94. The predicted molar refractivity (Wildman–Crippen MR) is 70.5 cm³/mol. The first-order valence-corrected chi connectivity index (χ1v) is 7.14. The molecule has 2 aliphatic rings. The van der Waals surface area contributed by atoms with Crippen molar-refractivity contribution in [3.8, 4) is 0 Å². The second-order valence-corrected chi connectivity index (χ2v) is 7.12. The fourth-order valence-electron chi connectivity index (χ4n) is 3.94. The van der Waals surface area contributed by atoms with Gasteiger partial charge in [-0.3, -0.25) is 0 Å². The van der Waals surface area contributed by atoms with Crippen LogP contribution in [0.1, 0.15) is 60.3 Å². The van der Waals surface area contributed by atoms with E-state index in [1.807, 2.05) is 0 Å². The van der Waals surface area contributed by atoms with Gasteiger partial charge in [-0.05, 0) is 35.6 Å². The normalized spacial score (nSPS) is 29.8. The molecule has 0 aromatic carbocycles. The van der Waals surface area contributed by atoms with Gasteiger partial charge in [0.1, 0.15) is 0 Å². The zero-order valence-corrected chi connectivity index (χ0v) is 11.8. The third-order valence-electron chi connectivity index (χ3n) is 5.81. The van der Waals surface area contributed by atoms with Crippen LogP contribution in [-0.2, 0) is 0 Å². The maximum Gasteiger partial charge on any atom is 0.0108 e. The molecule has 1 N–H and O–H groups in total. The van der Waals surface area contributed by atoms with Crippen molar-refractivity contribution in [3.63, 3.8) is 0 Å². The molecule has 0 aliphatic heterocycles. The van der Waals surface area contributed by atoms with Crippen molar-refractivity contribution in [2.45, 2.75) is 66.3 Å². The Bertz CT molecular complexity index is 236. The predicted octanol–water partition coefficient (Wildman–Crippen LogP) is 3.84. The van der Waals surface area contributed by atoms with E-state index in [2.05, 4.69) is 39.9 Å². The third-order valence-corrected chi connectivity index (χ3v) is 5.81. The summed E-state index contributed by atoms with van der Waals surface area (Å²) in [4.78, 5) is 0. The molecule has 0 amide bonds. The molecule has 0 saturated heterocycles. The van der Waals surface area contributed by atoms with Gasteiger partial charge in [0, 0.05) is 6.04 Å². The SMILES string of the molecule is CCNC(CC1CCC1)C1C(C)(C)C1(C)C. The molecule has 1 unspecified atom stereocenters. The summed E-state index contributed by atoms with van der Waals surface area (Å²) in [6.07, 6.45) is 5.86. The van der Waals surface area contributed by atoms with Crippen molar-refractivity contribution >= 4 is 0 Å². The molecule has 0 radical (unpaired) electrons. The highest BCUT2D eigenvalue weighted by Gasteiger charge is 2.66. The highest BCUT2D eigenvalue weighted by Crippen LogP contribution is 2.70. The summed E-state index contributed by atoms with van der Waals surface area (Å²) in [6.45, 7) is 13.2. The van der Waals surface area contributed by atoms with Crippen molar-refractivity contribution in [1.29, 1.82) is 0 Å². The van der Waals surface area contributed by atoms with E-state index < -0.39 is 0 Å². The Kier molecular flexibility index (Phi) is 3.11. The smallest absolute Gasteiger partial charge is 0.0108 e. The molecule has 0 heterocycles. The third kappa shape index (κ3) is 1.81. The topological polar surface area (TPSA) is 12.0 Å². The lowest BCUT2D eigenvalue weighted by Gasteiger charge is -2.31. The summed E-state index contributed by atoms with van der Waals surface area (Å²) in [5.41, 5.74) is 1.06. The molecule has 1 heteroatoms. The Labute approximate surface area is 101 Å². The van der Waals surface area contributed by atoms with Crippen molar-refractivity contribution in [1.82, 2.24) is 5.32 Å². The van der Waals surface area contributed by atoms with Crippen molar-refractivity contribution in [3.05, 3.63) is 0 Å². The van der Waals surface area contributed by atoms with E-state index in [-0.39, 0.29) is 0 Å². The van der Waals surface area contributed by atoms with Crippen molar-refractivity contribution in [2.75, 3.05) is 6.54 Å². The monoisotopic (exact) mass is 223 g/mol. The highest BCUT2D eigenvalue weighted by atomic mass is 15.0. The molecule has 1 nitrogen and oxygen atoms in total. The minimum Gasteiger partial charge on any atom is -0.314 e. The number of hydrogen-bond acceptors (Lipinski definition) is 1. The van der Waals surface area contributed by atoms with E-state index in [4.69, 9.17) is 0 Å². The Balaban J connectivity index is 1.97. The number of rotatable bonds is 5. The van der Waals surface area contributed by atoms with Gasteiger partial charge in [-0.2, -0.15) is 0 Å². The highest BCUT2D eigenvalue weighted by molar-refractivity contribution is 5.16. The van der Waals surface area contributed by atoms with Crippen LogP contribution in [0.4, 0.5) is 0 Å². The van der Waals surface area contributed by atoms with Gasteiger partial charge in [-0.1, -0.05) is 53.9 Å². The first-order chi connectivity index (χ1) is 7.41. The maximum absolute atomic E-state index is 3.75. The summed E-state index contributed by atoms with van der Waals surface area (Å²) >= 11 is 0. The standard InChI is InChI=1S/C15H29N/c1-6-16-12(10-11-8-7-9-11)13-14(2,3)15(13,4)5/h11-13,16H,6-10H2,1-5H3. The molecular formula is C15H29N. The molecule has 2 saturated carbocycles. The van der Waals surface area contributed by atoms with E-state index in [1.54, 1.807) is 0 Å². The zero-order chi connectivity index (χ0) is 12.0. The minimum atomic E-state index is 0.531. The van der Waals surface area contributed by atoms with Gasteiger partial charge < -0.3 is 5.32 Å². The molecule has 16 heavy (non-hydrogen) atoms. The van der Waals surface area contributed by atoms with Crippen LogP contribution in [0.5, 0.6) is 0 Å². The van der Waals surface area contributed by atoms with Gasteiger partial charge in [0.25, 0.3) is 0 Å². The van der Waals surface area contributed by atoms with Crippen LogP contribution in [0, 0.1) is 22.7 Å². The van der Waals surface area contributed by atoms with Crippen LogP contribution < -0.4 is 5.32 Å². The fraction of sp³-hybridized carbons (Fsp3) is 1.00. The Hall–Kier alpha value is -0.0400. The number of hydrogen-bond donors (Lipinski definition) is 1.